The molecule has 0 bridgehead atoms. The summed E-state index contributed by atoms with van der Waals surface area (Å²) in [5.41, 5.74) is 0. The van der Waals surface area contributed by atoms with E-state index in [0.29, 0.717) is 5.75 Å². The fourth-order valence-corrected chi connectivity index (χ4v) is 2.95. The molecule has 1 aliphatic heterocycles. The molecule has 3 heteroatoms. The Morgan fingerprint density at radius 3 is 2.62 bits per heavy atom. The Balaban J connectivity index is 1.79. The monoisotopic (exact) mass is 291 g/mol. The summed E-state index contributed by atoms with van der Waals surface area (Å²) in [5.74, 6) is 1.15. The number of benzene rings is 1. The van der Waals surface area contributed by atoms with Crippen molar-refractivity contribution in [1.82, 2.24) is 4.90 Å². The van der Waals surface area contributed by atoms with Crippen LogP contribution in [0.15, 0.2) is 24.3 Å². The first-order valence-corrected chi connectivity index (χ1v) is 8.49. The lowest BCUT2D eigenvalue weighted by Gasteiger charge is -2.35. The molecule has 1 unspecified atom stereocenters. The smallest absolute Gasteiger partial charge is 0.152 e. The van der Waals surface area contributed by atoms with E-state index in [4.69, 9.17) is 4.74 Å². The molecule has 21 heavy (non-hydrogen) atoms. The lowest BCUT2D eigenvalue weighted by molar-refractivity contribution is -0.00476. The molecule has 1 fully saturated rings. The highest BCUT2D eigenvalue weighted by Crippen LogP contribution is 2.23. The lowest BCUT2D eigenvalue weighted by Crippen LogP contribution is -2.43. The van der Waals surface area contributed by atoms with E-state index in [-0.39, 0.29) is 6.23 Å². The van der Waals surface area contributed by atoms with Crippen LogP contribution in [0.25, 0.3) is 0 Å². The third-order valence-corrected chi connectivity index (χ3v) is 4.21. The topological polar surface area (TPSA) is 32.7 Å². The second-order valence-electron chi connectivity index (χ2n) is 6.01. The first-order valence-electron chi connectivity index (χ1n) is 8.49. The third-order valence-electron chi connectivity index (χ3n) is 4.21. The molecule has 0 spiro atoms. The third kappa shape index (κ3) is 5.58. The predicted molar refractivity (Wildman–Crippen MR) is 86.7 cm³/mol. The first kappa shape index (κ1) is 16.2. The van der Waals surface area contributed by atoms with Crippen LogP contribution in [0, 0.1) is 0 Å². The van der Waals surface area contributed by atoms with Crippen molar-refractivity contribution in [2.75, 3.05) is 13.1 Å². The Labute approximate surface area is 128 Å². The van der Waals surface area contributed by atoms with Crippen molar-refractivity contribution in [3.8, 4) is 11.5 Å². The number of hydrogen-bond acceptors (Lipinski definition) is 3. The van der Waals surface area contributed by atoms with Gasteiger partial charge in [0.1, 0.15) is 11.5 Å². The van der Waals surface area contributed by atoms with Crippen molar-refractivity contribution in [2.45, 2.75) is 64.5 Å². The minimum atomic E-state index is 0.203. The molecule has 1 aliphatic rings. The maximum Gasteiger partial charge on any atom is 0.152 e. The molecule has 1 saturated heterocycles. The van der Waals surface area contributed by atoms with E-state index in [2.05, 4.69) is 11.8 Å². The Morgan fingerprint density at radius 2 is 1.86 bits per heavy atom. The molecule has 1 aromatic rings. The number of likely N-dealkylation sites (tertiary alicyclic amines) is 1. The summed E-state index contributed by atoms with van der Waals surface area (Å²) in [6.07, 6.45) is 10.5. The molecular weight excluding hydrogens is 262 g/mol. The van der Waals surface area contributed by atoms with Gasteiger partial charge in [0.2, 0.25) is 0 Å². The molecule has 1 atom stereocenters. The van der Waals surface area contributed by atoms with Crippen LogP contribution in [-0.2, 0) is 0 Å². The highest BCUT2D eigenvalue weighted by molar-refractivity contribution is 5.30. The van der Waals surface area contributed by atoms with Crippen LogP contribution >= 0.6 is 0 Å². The van der Waals surface area contributed by atoms with Gasteiger partial charge in [-0.15, -0.1) is 0 Å². The molecule has 1 heterocycles. The predicted octanol–water partition coefficient (Wildman–Crippen LogP) is 4.55. The van der Waals surface area contributed by atoms with E-state index in [0.717, 1.165) is 25.3 Å². The van der Waals surface area contributed by atoms with Gasteiger partial charge in [0.05, 0.1) is 0 Å². The summed E-state index contributed by atoms with van der Waals surface area (Å²) < 4.78 is 6.12. The van der Waals surface area contributed by atoms with Gasteiger partial charge in [-0.3, -0.25) is 4.90 Å². The minimum Gasteiger partial charge on any atom is -0.508 e. The second kappa shape index (κ2) is 8.93. The number of hydrogen-bond donors (Lipinski definition) is 1. The molecule has 0 aliphatic carbocycles. The molecule has 1 N–H and O–H groups in total. The van der Waals surface area contributed by atoms with E-state index in [1.807, 2.05) is 12.1 Å². The maximum absolute atomic E-state index is 9.34. The van der Waals surface area contributed by atoms with Gasteiger partial charge in [0.15, 0.2) is 6.23 Å². The summed E-state index contributed by atoms with van der Waals surface area (Å²) in [7, 11) is 0. The standard InChI is InChI=1S/C18H29NO2/c1-2-3-4-5-7-14-19-15-8-6-9-18(19)21-17-12-10-16(20)11-13-17/h10-13,18,20H,2-9,14-15H2,1H3. The summed E-state index contributed by atoms with van der Waals surface area (Å²) in [4.78, 5) is 2.49. The molecule has 0 amide bonds. The summed E-state index contributed by atoms with van der Waals surface area (Å²) in [6.45, 7) is 4.55. The Bertz CT molecular complexity index is 391. The maximum atomic E-state index is 9.34. The number of piperidine rings is 1. The van der Waals surface area contributed by atoms with Crippen molar-refractivity contribution in [3.63, 3.8) is 0 Å². The fourth-order valence-electron chi connectivity index (χ4n) is 2.95. The number of rotatable bonds is 8. The largest absolute Gasteiger partial charge is 0.508 e. The number of ether oxygens (including phenoxy) is 1. The van der Waals surface area contributed by atoms with Crippen molar-refractivity contribution in [2.24, 2.45) is 0 Å². The van der Waals surface area contributed by atoms with Crippen molar-refractivity contribution in [1.29, 1.82) is 0 Å². The molecule has 118 valence electrons. The van der Waals surface area contributed by atoms with Crippen molar-refractivity contribution >= 4 is 0 Å². The molecule has 2 rings (SSSR count). The van der Waals surface area contributed by atoms with Crippen LogP contribution in [0.5, 0.6) is 11.5 Å². The van der Waals surface area contributed by atoms with Crippen LogP contribution < -0.4 is 4.74 Å². The Kier molecular flexibility index (Phi) is 6.87. The van der Waals surface area contributed by atoms with Crippen LogP contribution in [0.1, 0.15) is 58.3 Å². The van der Waals surface area contributed by atoms with Crippen LogP contribution in [0.2, 0.25) is 0 Å². The van der Waals surface area contributed by atoms with E-state index in [1.54, 1.807) is 12.1 Å². The Morgan fingerprint density at radius 1 is 1.10 bits per heavy atom. The van der Waals surface area contributed by atoms with Gasteiger partial charge in [-0.2, -0.15) is 0 Å². The quantitative estimate of drug-likeness (QED) is 0.713. The molecule has 0 aromatic heterocycles. The molecule has 0 saturated carbocycles. The number of phenols is 1. The highest BCUT2D eigenvalue weighted by atomic mass is 16.5. The first-order chi connectivity index (χ1) is 10.3. The van der Waals surface area contributed by atoms with E-state index >= 15 is 0 Å². The van der Waals surface area contributed by atoms with E-state index < -0.39 is 0 Å². The minimum absolute atomic E-state index is 0.203. The number of phenolic OH excluding ortho intramolecular Hbond substituents is 1. The number of nitrogens with zero attached hydrogens (tertiary/aromatic N) is 1. The second-order valence-corrected chi connectivity index (χ2v) is 6.01. The Hall–Kier alpha value is -1.22. The summed E-state index contributed by atoms with van der Waals surface area (Å²) in [5, 5.41) is 9.34. The average molecular weight is 291 g/mol. The van der Waals surface area contributed by atoms with Gasteiger partial charge in [0.25, 0.3) is 0 Å². The molecule has 3 nitrogen and oxygen atoms in total. The van der Waals surface area contributed by atoms with Crippen molar-refractivity contribution in [3.05, 3.63) is 24.3 Å². The zero-order chi connectivity index (χ0) is 14.9. The average Bonchev–Trinajstić information content (AvgIpc) is 2.51. The van der Waals surface area contributed by atoms with Crippen LogP contribution in [0.3, 0.4) is 0 Å². The fraction of sp³-hybridized carbons (Fsp3) is 0.667. The highest BCUT2D eigenvalue weighted by Gasteiger charge is 2.23. The molecule has 0 radical (unpaired) electrons. The summed E-state index contributed by atoms with van der Waals surface area (Å²) in [6, 6.07) is 7.08. The lowest BCUT2D eigenvalue weighted by atomic mass is 10.1. The number of unbranched alkanes of at least 4 members (excludes halogenated alkanes) is 4. The zero-order valence-corrected chi connectivity index (χ0v) is 13.3. The van der Waals surface area contributed by atoms with Gasteiger partial charge in [-0.05, 0) is 49.9 Å². The van der Waals surface area contributed by atoms with E-state index in [1.165, 1.54) is 44.9 Å². The van der Waals surface area contributed by atoms with Gasteiger partial charge in [-0.1, -0.05) is 32.6 Å². The SMILES string of the molecule is CCCCCCCN1CCCCC1Oc1ccc(O)cc1. The van der Waals surface area contributed by atoms with Gasteiger partial charge in [0, 0.05) is 13.1 Å². The normalized spacial score (nSPS) is 19.6. The van der Waals surface area contributed by atoms with Crippen molar-refractivity contribution < 1.29 is 9.84 Å². The molecular formula is C18H29NO2. The van der Waals surface area contributed by atoms with Gasteiger partial charge < -0.3 is 9.84 Å². The van der Waals surface area contributed by atoms with Crippen LogP contribution in [-0.4, -0.2) is 29.3 Å². The van der Waals surface area contributed by atoms with Crippen LogP contribution in [0.4, 0.5) is 0 Å². The zero-order valence-electron chi connectivity index (χ0n) is 13.3. The van der Waals surface area contributed by atoms with Gasteiger partial charge >= 0.3 is 0 Å². The summed E-state index contributed by atoms with van der Waals surface area (Å²) >= 11 is 0. The number of aromatic hydroxyl groups is 1. The van der Waals surface area contributed by atoms with E-state index in [9.17, 15) is 5.11 Å². The van der Waals surface area contributed by atoms with Gasteiger partial charge in [-0.25, -0.2) is 0 Å². The molecule has 1 aromatic carbocycles.